The summed E-state index contributed by atoms with van der Waals surface area (Å²) < 4.78 is 34.0. The van der Waals surface area contributed by atoms with Crippen molar-refractivity contribution in [3.05, 3.63) is 102 Å². The first kappa shape index (κ1) is 36.5. The van der Waals surface area contributed by atoms with Gasteiger partial charge in [-0.2, -0.15) is 5.26 Å². The van der Waals surface area contributed by atoms with Crippen LogP contribution >= 0.6 is 0 Å². The van der Waals surface area contributed by atoms with Gasteiger partial charge < -0.3 is 10.6 Å². The van der Waals surface area contributed by atoms with Crippen LogP contribution < -0.4 is 23.7 Å². The van der Waals surface area contributed by atoms with Crippen LogP contribution in [0.3, 0.4) is 0 Å². The fraction of sp³-hybridized carbons (Fsp3) is 0.192. The Morgan fingerprint density at radius 2 is 1.38 bits per heavy atom. The van der Waals surface area contributed by atoms with Gasteiger partial charge in [-0.15, -0.1) is 10.2 Å². The van der Waals surface area contributed by atoms with Gasteiger partial charge in [-0.3, -0.25) is 19.9 Å². The van der Waals surface area contributed by atoms with Gasteiger partial charge in [0.05, 0.1) is 35.2 Å². The predicted octanol–water partition coefficient (Wildman–Crippen LogP) is -1.57. The SMILES string of the molecule is CC#N.[Mn+3].[O-]C(=NCCN(Cc1ccccn1)Cc1ccccn1)c1ccc2ccccc2n1.[O-][Cl+3]([O-])([O-])[O-].[OH-]. The fourth-order valence-electron chi connectivity index (χ4n) is 3.21. The summed E-state index contributed by atoms with van der Waals surface area (Å²) in [5, 5.41) is 20.8. The molecule has 0 aliphatic rings. The topological polar surface area (TPSA) is 223 Å². The molecule has 4 aromatic rings. The maximum Gasteiger partial charge on any atom is 3.00 e. The molecule has 1 N–H and O–H groups in total. The third kappa shape index (κ3) is 15.2. The summed E-state index contributed by atoms with van der Waals surface area (Å²) in [6.45, 7) is 3.75. The molecule has 210 valence electrons. The van der Waals surface area contributed by atoms with Gasteiger partial charge in [-0.25, -0.2) is 23.6 Å². The molecule has 3 heterocycles. The maximum absolute atomic E-state index is 12.5. The number of nitriles is 1. The quantitative estimate of drug-likeness (QED) is 0.126. The van der Waals surface area contributed by atoms with E-state index >= 15 is 0 Å². The number of benzene rings is 1. The number of halogens is 1. The Balaban J connectivity index is 0.00000135. The van der Waals surface area contributed by atoms with E-state index in [4.69, 9.17) is 23.9 Å². The smallest absolute Gasteiger partial charge is 0.870 e. The van der Waals surface area contributed by atoms with Crippen LogP contribution in [0, 0.1) is 21.6 Å². The van der Waals surface area contributed by atoms with E-state index in [1.54, 1.807) is 24.5 Å². The van der Waals surface area contributed by atoms with Crippen LogP contribution in [-0.2, 0) is 30.2 Å². The molecule has 0 spiro atoms. The number of aliphatic imine (C=N–C) groups is 1. The van der Waals surface area contributed by atoms with E-state index in [0.29, 0.717) is 31.9 Å². The second-order valence-corrected chi connectivity index (χ2v) is 8.29. The molecule has 0 amide bonds. The van der Waals surface area contributed by atoms with Gasteiger partial charge in [-0.05, 0) is 36.4 Å². The molecule has 0 bridgehead atoms. The monoisotopic (exact) mass is 608 g/mol. The van der Waals surface area contributed by atoms with Crippen LogP contribution in [0.2, 0.25) is 0 Å². The van der Waals surface area contributed by atoms with Crippen LogP contribution in [0.15, 0.2) is 90.2 Å². The van der Waals surface area contributed by atoms with Crippen molar-refractivity contribution in [2.24, 2.45) is 4.99 Å². The molecule has 0 atom stereocenters. The van der Waals surface area contributed by atoms with E-state index in [1.165, 1.54) is 6.92 Å². The summed E-state index contributed by atoms with van der Waals surface area (Å²) >= 11 is 0. The van der Waals surface area contributed by atoms with Crippen molar-refractivity contribution in [1.29, 1.82) is 5.26 Å². The normalized spacial score (nSPS) is 10.6. The Kier molecular flexibility index (Phi) is 17.8. The molecule has 0 fully saturated rings. The van der Waals surface area contributed by atoms with E-state index in [2.05, 4.69) is 24.8 Å². The molecule has 12 nitrogen and oxygen atoms in total. The van der Waals surface area contributed by atoms with Gasteiger partial charge >= 0.3 is 17.1 Å². The zero-order chi connectivity index (χ0) is 27.8. The molecular weight excluding hydrogens is 583 g/mol. The number of fused-ring (bicyclic) bond motifs is 1. The minimum Gasteiger partial charge on any atom is -0.870 e. The first-order valence-electron chi connectivity index (χ1n) is 11.2. The van der Waals surface area contributed by atoms with Crippen LogP contribution in [0.25, 0.3) is 10.9 Å². The molecular formula is C26H26ClMnN6O6. The molecule has 4 rings (SSSR count). The van der Waals surface area contributed by atoms with Gasteiger partial charge in [0.25, 0.3) is 0 Å². The Bertz CT molecular complexity index is 1280. The van der Waals surface area contributed by atoms with Crippen LogP contribution in [-0.4, -0.2) is 44.3 Å². The summed E-state index contributed by atoms with van der Waals surface area (Å²) in [6, 6.07) is 24.8. The van der Waals surface area contributed by atoms with Crippen molar-refractivity contribution in [3.8, 4) is 6.07 Å². The van der Waals surface area contributed by atoms with Crippen molar-refractivity contribution in [2.45, 2.75) is 20.0 Å². The standard InChI is InChI=1S/C24H23N5O.C2H3N.ClHO4.Mn.H2O/c30-24(23-12-11-19-7-1-2-10-22(19)28-23)27-15-16-29(17-20-8-3-5-13-25-20)18-21-9-4-6-14-26-21;1-2-3;2-1(3,4)5;;/h1-14H,15-18H2,(H,27,30);1H3;(H,2,3,4,5);;1H2/q;;;+3;/p-3. The number of pyridine rings is 3. The third-order valence-corrected chi connectivity index (χ3v) is 4.71. The molecule has 0 aliphatic heterocycles. The number of aromatic nitrogens is 3. The summed E-state index contributed by atoms with van der Waals surface area (Å²) in [6.07, 6.45) is 3.57. The molecule has 1 aromatic carbocycles. The van der Waals surface area contributed by atoms with E-state index in [0.717, 1.165) is 22.3 Å². The molecule has 3 aromatic heterocycles. The average molecular weight is 609 g/mol. The van der Waals surface area contributed by atoms with Crippen LogP contribution in [0.4, 0.5) is 0 Å². The third-order valence-electron chi connectivity index (χ3n) is 4.71. The van der Waals surface area contributed by atoms with Crippen molar-refractivity contribution < 1.29 is 56.5 Å². The van der Waals surface area contributed by atoms with Crippen molar-refractivity contribution in [3.63, 3.8) is 0 Å². The molecule has 40 heavy (non-hydrogen) atoms. The van der Waals surface area contributed by atoms with Gasteiger partial charge in [0.1, 0.15) is 0 Å². The van der Waals surface area contributed by atoms with Crippen molar-refractivity contribution in [1.82, 2.24) is 19.9 Å². The Labute approximate surface area is 244 Å². The zero-order valence-corrected chi connectivity index (χ0v) is 23.3. The number of para-hydroxylation sites is 1. The minimum absolute atomic E-state index is 0. The van der Waals surface area contributed by atoms with E-state index in [-0.39, 0.29) is 28.4 Å². The Morgan fingerprint density at radius 1 is 0.875 bits per heavy atom. The zero-order valence-electron chi connectivity index (χ0n) is 21.3. The molecule has 14 heteroatoms. The predicted molar refractivity (Wildman–Crippen MR) is 129 cm³/mol. The number of hydrogen-bond acceptors (Lipinski definition) is 12. The maximum atomic E-state index is 12.5. The molecule has 0 aliphatic carbocycles. The first-order valence-corrected chi connectivity index (χ1v) is 12.5. The molecule has 0 saturated heterocycles. The summed E-state index contributed by atoms with van der Waals surface area (Å²) in [7, 11) is -4.94. The van der Waals surface area contributed by atoms with Crippen LogP contribution in [0.5, 0.6) is 0 Å². The first-order chi connectivity index (χ1) is 18.2. The second-order valence-electron chi connectivity index (χ2n) is 7.53. The van der Waals surface area contributed by atoms with Crippen molar-refractivity contribution >= 4 is 16.8 Å². The van der Waals surface area contributed by atoms with E-state index < -0.39 is 10.2 Å². The molecule has 0 radical (unpaired) electrons. The largest absolute Gasteiger partial charge is 3.00 e. The van der Waals surface area contributed by atoms with Crippen LogP contribution in [0.1, 0.15) is 24.0 Å². The summed E-state index contributed by atoms with van der Waals surface area (Å²) in [5.74, 6) is -0.295. The Morgan fingerprint density at radius 3 is 1.88 bits per heavy atom. The van der Waals surface area contributed by atoms with Gasteiger partial charge in [0.15, 0.2) is 0 Å². The number of nitrogens with zero attached hydrogens (tertiary/aromatic N) is 6. The number of hydrogen-bond donors (Lipinski definition) is 0. The average Bonchev–Trinajstić information content (AvgIpc) is 2.89. The van der Waals surface area contributed by atoms with Crippen molar-refractivity contribution in [2.75, 3.05) is 13.1 Å². The fourth-order valence-corrected chi connectivity index (χ4v) is 3.21. The van der Waals surface area contributed by atoms with Gasteiger partial charge in [0.2, 0.25) is 0 Å². The van der Waals surface area contributed by atoms with E-state index in [9.17, 15) is 5.11 Å². The van der Waals surface area contributed by atoms with E-state index in [1.807, 2.05) is 66.7 Å². The Hall–Kier alpha value is -3.54. The minimum atomic E-state index is -4.94. The summed E-state index contributed by atoms with van der Waals surface area (Å²) in [4.78, 5) is 19.7. The second kappa shape index (κ2) is 19.5. The summed E-state index contributed by atoms with van der Waals surface area (Å²) in [5.41, 5.74) is 3.10. The molecule has 0 unspecified atom stereocenters. The van der Waals surface area contributed by atoms with Gasteiger partial charge in [-0.1, -0.05) is 36.4 Å². The number of rotatable bonds is 8. The van der Waals surface area contributed by atoms with Gasteiger partial charge in [0, 0.05) is 50.2 Å². The molecule has 0 saturated carbocycles.